The normalized spacial score (nSPS) is 10.5. The Morgan fingerprint density at radius 3 is 2.85 bits per heavy atom. The number of aryl methyl sites for hydroxylation is 1. The minimum Gasteiger partial charge on any atom is -0.478 e. The average Bonchev–Trinajstić information content (AvgIpc) is 2.76. The molecule has 1 aromatic heterocycles. The zero-order valence-electron chi connectivity index (χ0n) is 11.7. The van der Waals surface area contributed by atoms with Crippen molar-refractivity contribution in [2.75, 3.05) is 26.8 Å². The van der Waals surface area contributed by atoms with E-state index in [0.717, 1.165) is 0 Å². The maximum absolute atomic E-state index is 11.4. The molecule has 0 aromatic carbocycles. The number of nitrogens with one attached hydrogen (secondary N) is 2. The fourth-order valence-corrected chi connectivity index (χ4v) is 1.64. The predicted molar refractivity (Wildman–Crippen MR) is 71.4 cm³/mol. The van der Waals surface area contributed by atoms with Gasteiger partial charge >= 0.3 is 5.97 Å². The van der Waals surface area contributed by atoms with Crippen molar-refractivity contribution in [1.29, 1.82) is 0 Å². The van der Waals surface area contributed by atoms with Crippen molar-refractivity contribution in [2.45, 2.75) is 13.0 Å². The first kappa shape index (κ1) is 16.1. The molecule has 0 radical (unpaired) electrons. The highest BCUT2D eigenvalue weighted by Crippen LogP contribution is 2.06. The summed E-state index contributed by atoms with van der Waals surface area (Å²) in [6.07, 6.45) is 1.64. The van der Waals surface area contributed by atoms with Crippen LogP contribution in [0.25, 0.3) is 0 Å². The van der Waals surface area contributed by atoms with Gasteiger partial charge < -0.3 is 20.5 Å². The van der Waals surface area contributed by atoms with E-state index in [4.69, 9.17) is 9.84 Å². The molecule has 1 rings (SSSR count). The quantitative estimate of drug-likeness (QED) is 0.521. The fourth-order valence-electron chi connectivity index (χ4n) is 1.64. The number of carboxylic acid groups (broad SMARTS) is 1. The third-order valence-electron chi connectivity index (χ3n) is 2.74. The number of carbonyl (C=O) groups excluding carboxylic acids is 1. The molecule has 112 valence electrons. The number of nitrogens with zero attached hydrogens (tertiary/aromatic N) is 2. The molecule has 0 aliphatic rings. The van der Waals surface area contributed by atoms with Crippen molar-refractivity contribution in [3.8, 4) is 0 Å². The molecule has 0 saturated carbocycles. The van der Waals surface area contributed by atoms with Crippen molar-refractivity contribution >= 4 is 11.9 Å². The van der Waals surface area contributed by atoms with Crippen molar-refractivity contribution in [1.82, 2.24) is 20.4 Å². The lowest BCUT2D eigenvalue weighted by Crippen LogP contribution is -2.30. The zero-order chi connectivity index (χ0) is 15.0. The Balaban J connectivity index is 2.29. The SMILES string of the molecule is COCCNC(=O)CCNCc1c(C(=O)O)cnn1C. The molecule has 0 spiro atoms. The Hall–Kier alpha value is -1.93. The Morgan fingerprint density at radius 1 is 1.45 bits per heavy atom. The summed E-state index contributed by atoms with van der Waals surface area (Å²) in [5, 5.41) is 18.6. The number of amides is 1. The predicted octanol–water partition coefficient (Wildman–Crippen LogP) is -0.639. The van der Waals surface area contributed by atoms with E-state index in [2.05, 4.69) is 15.7 Å². The van der Waals surface area contributed by atoms with E-state index in [-0.39, 0.29) is 11.5 Å². The van der Waals surface area contributed by atoms with E-state index >= 15 is 0 Å². The lowest BCUT2D eigenvalue weighted by molar-refractivity contribution is -0.121. The molecule has 0 bridgehead atoms. The van der Waals surface area contributed by atoms with E-state index < -0.39 is 5.97 Å². The Labute approximate surface area is 117 Å². The second-order valence-electron chi connectivity index (χ2n) is 4.20. The van der Waals surface area contributed by atoms with Crippen molar-refractivity contribution in [3.05, 3.63) is 17.5 Å². The number of carboxylic acids is 1. The van der Waals surface area contributed by atoms with Gasteiger partial charge in [-0.3, -0.25) is 9.48 Å². The molecule has 1 amide bonds. The van der Waals surface area contributed by atoms with Crippen LogP contribution in [-0.2, 0) is 23.1 Å². The first-order valence-corrected chi connectivity index (χ1v) is 6.26. The first-order chi connectivity index (χ1) is 9.56. The molecule has 0 fully saturated rings. The first-order valence-electron chi connectivity index (χ1n) is 6.26. The summed E-state index contributed by atoms with van der Waals surface area (Å²) in [6.45, 7) is 1.78. The number of hydrogen-bond acceptors (Lipinski definition) is 5. The summed E-state index contributed by atoms with van der Waals surface area (Å²) in [5.41, 5.74) is 0.752. The molecular formula is C12H20N4O4. The highest BCUT2D eigenvalue weighted by atomic mass is 16.5. The van der Waals surface area contributed by atoms with Gasteiger partial charge in [-0.05, 0) is 0 Å². The van der Waals surface area contributed by atoms with Crippen LogP contribution in [-0.4, -0.2) is 53.6 Å². The highest BCUT2D eigenvalue weighted by Gasteiger charge is 2.14. The monoisotopic (exact) mass is 284 g/mol. The van der Waals surface area contributed by atoms with Crippen LogP contribution in [0.2, 0.25) is 0 Å². The van der Waals surface area contributed by atoms with Gasteiger partial charge in [-0.2, -0.15) is 5.10 Å². The van der Waals surface area contributed by atoms with Crippen LogP contribution in [0, 0.1) is 0 Å². The van der Waals surface area contributed by atoms with Crippen molar-refractivity contribution < 1.29 is 19.4 Å². The van der Waals surface area contributed by atoms with E-state index in [1.807, 2.05) is 0 Å². The van der Waals surface area contributed by atoms with Gasteiger partial charge in [0.1, 0.15) is 5.56 Å². The van der Waals surface area contributed by atoms with Gasteiger partial charge in [-0.25, -0.2) is 4.79 Å². The van der Waals surface area contributed by atoms with Gasteiger partial charge in [0.25, 0.3) is 0 Å². The zero-order valence-corrected chi connectivity index (χ0v) is 11.7. The van der Waals surface area contributed by atoms with Gasteiger partial charge in [0, 0.05) is 40.2 Å². The molecule has 1 aromatic rings. The second-order valence-corrected chi connectivity index (χ2v) is 4.20. The molecule has 3 N–H and O–H groups in total. The van der Waals surface area contributed by atoms with Crippen LogP contribution < -0.4 is 10.6 Å². The van der Waals surface area contributed by atoms with E-state index in [0.29, 0.717) is 38.4 Å². The summed E-state index contributed by atoms with van der Waals surface area (Å²) in [6, 6.07) is 0. The van der Waals surface area contributed by atoms with Crippen LogP contribution in [0.4, 0.5) is 0 Å². The maximum Gasteiger partial charge on any atom is 0.339 e. The standard InChI is InChI=1S/C12H20N4O4/c1-16-10(9(7-15-16)12(18)19)8-13-4-3-11(17)14-5-6-20-2/h7,13H,3-6,8H2,1-2H3,(H,14,17)(H,18,19). The molecule has 0 atom stereocenters. The number of methoxy groups -OCH3 is 1. The Bertz CT molecular complexity index is 458. The minimum absolute atomic E-state index is 0.0713. The van der Waals surface area contributed by atoms with E-state index in [1.165, 1.54) is 10.9 Å². The van der Waals surface area contributed by atoms with Gasteiger partial charge in [-0.15, -0.1) is 0 Å². The molecule has 0 aliphatic heterocycles. The second kappa shape index (κ2) is 8.28. The molecular weight excluding hydrogens is 264 g/mol. The molecule has 0 aliphatic carbocycles. The lowest BCUT2D eigenvalue weighted by Gasteiger charge is -2.07. The summed E-state index contributed by atoms with van der Waals surface area (Å²) >= 11 is 0. The van der Waals surface area contributed by atoms with Crippen LogP contribution in [0.5, 0.6) is 0 Å². The topological polar surface area (TPSA) is 105 Å². The van der Waals surface area contributed by atoms with E-state index in [9.17, 15) is 9.59 Å². The van der Waals surface area contributed by atoms with Crippen molar-refractivity contribution in [3.63, 3.8) is 0 Å². The molecule has 0 saturated heterocycles. The van der Waals surface area contributed by atoms with Gasteiger partial charge in [0.15, 0.2) is 0 Å². The smallest absolute Gasteiger partial charge is 0.339 e. The van der Waals surface area contributed by atoms with Crippen LogP contribution in [0.1, 0.15) is 22.5 Å². The summed E-state index contributed by atoms with van der Waals surface area (Å²) in [4.78, 5) is 22.4. The van der Waals surface area contributed by atoms with E-state index in [1.54, 1.807) is 14.2 Å². The summed E-state index contributed by atoms with van der Waals surface area (Å²) in [7, 11) is 3.25. The minimum atomic E-state index is -1.01. The third-order valence-corrected chi connectivity index (χ3v) is 2.74. The summed E-state index contributed by atoms with van der Waals surface area (Å²) < 4.78 is 6.33. The maximum atomic E-state index is 11.4. The largest absolute Gasteiger partial charge is 0.478 e. The van der Waals surface area contributed by atoms with Crippen molar-refractivity contribution in [2.24, 2.45) is 7.05 Å². The number of ether oxygens (including phenoxy) is 1. The lowest BCUT2D eigenvalue weighted by atomic mass is 10.2. The Kier molecular flexibility index (Phi) is 6.68. The third kappa shape index (κ3) is 4.98. The molecule has 8 nitrogen and oxygen atoms in total. The number of aromatic carboxylic acids is 1. The van der Waals surface area contributed by atoms with Crippen LogP contribution >= 0.6 is 0 Å². The van der Waals surface area contributed by atoms with Gasteiger partial charge in [0.05, 0.1) is 18.5 Å². The fraction of sp³-hybridized carbons (Fsp3) is 0.583. The number of carbonyl (C=O) groups is 2. The highest BCUT2D eigenvalue weighted by molar-refractivity contribution is 5.88. The number of rotatable bonds is 9. The molecule has 0 unspecified atom stereocenters. The van der Waals surface area contributed by atoms with Crippen LogP contribution in [0.15, 0.2) is 6.20 Å². The van der Waals surface area contributed by atoms with Gasteiger partial charge in [-0.1, -0.05) is 0 Å². The average molecular weight is 284 g/mol. The number of hydrogen-bond donors (Lipinski definition) is 3. The molecule has 1 heterocycles. The molecule has 8 heteroatoms. The van der Waals surface area contributed by atoms with Gasteiger partial charge in [0.2, 0.25) is 5.91 Å². The Morgan fingerprint density at radius 2 is 2.20 bits per heavy atom. The molecule has 20 heavy (non-hydrogen) atoms. The van der Waals surface area contributed by atoms with Crippen LogP contribution in [0.3, 0.4) is 0 Å². The summed E-state index contributed by atoms with van der Waals surface area (Å²) in [5.74, 6) is -1.08. The number of aromatic nitrogens is 2.